The van der Waals surface area contributed by atoms with Gasteiger partial charge >= 0.3 is 6.03 Å². The highest BCUT2D eigenvalue weighted by atomic mass is 32.1. The molecular weight excluding hydrogens is 328 g/mol. The van der Waals surface area contributed by atoms with Crippen LogP contribution in [0, 0.1) is 6.92 Å². The standard InChI is InChI=1S/C16H16N4O3S/c1-10-3-5-12(6-4-10)20-11(2)14(22)19(16(20)23)9-13(21)18-15-17-7-8-24-15/h3-8,11H,9H2,1-2H3,(H,17,18,21)/t11-/m0/s1. The van der Waals surface area contributed by atoms with E-state index in [0.29, 0.717) is 10.8 Å². The van der Waals surface area contributed by atoms with Gasteiger partial charge in [0.05, 0.1) is 0 Å². The molecule has 0 saturated carbocycles. The number of carbonyl (C=O) groups excluding carboxylic acids is 3. The van der Waals surface area contributed by atoms with Crippen molar-refractivity contribution in [3.63, 3.8) is 0 Å². The summed E-state index contributed by atoms with van der Waals surface area (Å²) in [6.07, 6.45) is 1.56. The van der Waals surface area contributed by atoms with Crippen LogP contribution in [0.3, 0.4) is 0 Å². The largest absolute Gasteiger partial charge is 0.332 e. The van der Waals surface area contributed by atoms with Crippen molar-refractivity contribution in [2.24, 2.45) is 0 Å². The minimum atomic E-state index is -0.645. The average molecular weight is 344 g/mol. The summed E-state index contributed by atoms with van der Waals surface area (Å²) in [6.45, 7) is 3.27. The van der Waals surface area contributed by atoms with Gasteiger partial charge in [-0.1, -0.05) is 17.7 Å². The van der Waals surface area contributed by atoms with Gasteiger partial charge in [-0.3, -0.25) is 19.4 Å². The van der Waals surface area contributed by atoms with Crippen molar-refractivity contribution < 1.29 is 14.4 Å². The fraction of sp³-hybridized carbons (Fsp3) is 0.250. The third-order valence-electron chi connectivity index (χ3n) is 3.74. The van der Waals surface area contributed by atoms with Crippen molar-refractivity contribution in [2.75, 3.05) is 16.8 Å². The number of benzene rings is 1. The Hall–Kier alpha value is -2.74. The summed E-state index contributed by atoms with van der Waals surface area (Å²) in [4.78, 5) is 43.3. The van der Waals surface area contributed by atoms with Crippen molar-refractivity contribution in [3.8, 4) is 0 Å². The van der Waals surface area contributed by atoms with Gasteiger partial charge in [0.25, 0.3) is 5.91 Å². The fourth-order valence-electron chi connectivity index (χ4n) is 2.50. The minimum absolute atomic E-state index is 0.329. The van der Waals surface area contributed by atoms with E-state index in [1.807, 2.05) is 19.1 Å². The van der Waals surface area contributed by atoms with Crippen LogP contribution in [-0.2, 0) is 9.59 Å². The number of hydrogen-bond acceptors (Lipinski definition) is 5. The molecule has 7 nitrogen and oxygen atoms in total. The van der Waals surface area contributed by atoms with Gasteiger partial charge in [0.2, 0.25) is 5.91 Å². The van der Waals surface area contributed by atoms with Crippen LogP contribution in [0.4, 0.5) is 15.6 Å². The Kier molecular flexibility index (Phi) is 4.30. The number of nitrogens with zero attached hydrogens (tertiary/aromatic N) is 3. The highest BCUT2D eigenvalue weighted by Crippen LogP contribution is 2.26. The monoisotopic (exact) mass is 344 g/mol. The predicted octanol–water partition coefficient (Wildman–Crippen LogP) is 2.25. The molecule has 2 aromatic rings. The molecule has 8 heteroatoms. The first-order valence-corrected chi connectivity index (χ1v) is 8.26. The van der Waals surface area contributed by atoms with Gasteiger partial charge in [-0.15, -0.1) is 11.3 Å². The smallest absolute Gasteiger partial charge is 0.300 e. The van der Waals surface area contributed by atoms with Crippen molar-refractivity contribution in [2.45, 2.75) is 19.9 Å². The molecule has 3 rings (SSSR count). The molecule has 1 aliphatic rings. The number of thiazole rings is 1. The molecule has 2 heterocycles. The molecule has 0 aliphatic carbocycles. The van der Waals surface area contributed by atoms with Gasteiger partial charge in [0.1, 0.15) is 12.6 Å². The number of nitrogens with one attached hydrogen (secondary N) is 1. The summed E-state index contributed by atoms with van der Waals surface area (Å²) in [5, 5.41) is 4.73. The van der Waals surface area contributed by atoms with Crippen LogP contribution in [-0.4, -0.2) is 40.3 Å². The Balaban J connectivity index is 1.75. The van der Waals surface area contributed by atoms with Crippen molar-refractivity contribution in [3.05, 3.63) is 41.4 Å². The Bertz CT molecular complexity index is 773. The van der Waals surface area contributed by atoms with Crippen LogP contribution < -0.4 is 10.2 Å². The molecule has 0 bridgehead atoms. The number of urea groups is 1. The molecule has 0 unspecified atom stereocenters. The van der Waals surface area contributed by atoms with E-state index in [1.165, 1.54) is 16.2 Å². The quantitative estimate of drug-likeness (QED) is 0.863. The van der Waals surface area contributed by atoms with Crippen LogP contribution in [0.25, 0.3) is 0 Å². The number of rotatable bonds is 4. The Morgan fingerprint density at radius 1 is 1.29 bits per heavy atom. The topological polar surface area (TPSA) is 82.6 Å². The maximum Gasteiger partial charge on any atom is 0.332 e. The third kappa shape index (κ3) is 3.00. The average Bonchev–Trinajstić information content (AvgIpc) is 3.12. The van der Waals surface area contributed by atoms with Gasteiger partial charge in [-0.2, -0.15) is 0 Å². The summed E-state index contributed by atoms with van der Waals surface area (Å²) in [5.41, 5.74) is 1.69. The lowest BCUT2D eigenvalue weighted by Crippen LogP contribution is -2.39. The van der Waals surface area contributed by atoms with Crippen LogP contribution in [0.2, 0.25) is 0 Å². The van der Waals surface area contributed by atoms with E-state index in [0.717, 1.165) is 10.5 Å². The number of carbonyl (C=O) groups is 3. The highest BCUT2D eigenvalue weighted by Gasteiger charge is 2.44. The maximum atomic E-state index is 12.6. The van der Waals surface area contributed by atoms with E-state index < -0.39 is 23.9 Å². The van der Waals surface area contributed by atoms with Gasteiger partial charge in [-0.25, -0.2) is 9.78 Å². The molecule has 1 aromatic carbocycles. The van der Waals surface area contributed by atoms with Gasteiger partial charge in [0, 0.05) is 17.3 Å². The summed E-state index contributed by atoms with van der Waals surface area (Å²) >= 11 is 1.27. The van der Waals surface area contributed by atoms with Gasteiger partial charge in [-0.05, 0) is 26.0 Å². The predicted molar refractivity (Wildman–Crippen MR) is 91.0 cm³/mol. The second-order valence-electron chi connectivity index (χ2n) is 5.47. The third-order valence-corrected chi connectivity index (χ3v) is 4.43. The molecule has 1 atom stereocenters. The SMILES string of the molecule is Cc1ccc(N2C(=O)N(CC(=O)Nc3nccs3)C(=O)[C@@H]2C)cc1. The molecule has 1 saturated heterocycles. The number of aromatic nitrogens is 1. The molecule has 4 amide bonds. The Morgan fingerprint density at radius 2 is 2.00 bits per heavy atom. The van der Waals surface area contributed by atoms with Crippen LogP contribution in [0.5, 0.6) is 0 Å². The number of aryl methyl sites for hydroxylation is 1. The van der Waals surface area contributed by atoms with Gasteiger partial charge < -0.3 is 5.32 Å². The van der Waals surface area contributed by atoms with Crippen LogP contribution in [0.15, 0.2) is 35.8 Å². The van der Waals surface area contributed by atoms with E-state index in [9.17, 15) is 14.4 Å². The Morgan fingerprint density at radius 3 is 2.62 bits per heavy atom. The van der Waals surface area contributed by atoms with E-state index in [1.54, 1.807) is 30.6 Å². The number of imide groups is 1. The normalized spacial score (nSPS) is 17.5. The van der Waals surface area contributed by atoms with Crippen molar-refractivity contribution in [1.82, 2.24) is 9.88 Å². The van der Waals surface area contributed by atoms with E-state index >= 15 is 0 Å². The van der Waals surface area contributed by atoms with Crippen molar-refractivity contribution >= 4 is 40.0 Å². The number of amides is 4. The summed E-state index contributed by atoms with van der Waals surface area (Å²) in [7, 11) is 0. The molecule has 24 heavy (non-hydrogen) atoms. The van der Waals surface area contributed by atoms with Crippen LogP contribution >= 0.6 is 11.3 Å². The first-order valence-electron chi connectivity index (χ1n) is 7.38. The lowest BCUT2D eigenvalue weighted by Gasteiger charge is -2.19. The minimum Gasteiger partial charge on any atom is -0.300 e. The zero-order valence-corrected chi connectivity index (χ0v) is 14.0. The van der Waals surface area contributed by atoms with Crippen LogP contribution in [0.1, 0.15) is 12.5 Å². The second kappa shape index (κ2) is 6.40. The lowest BCUT2D eigenvalue weighted by molar-refractivity contribution is -0.130. The highest BCUT2D eigenvalue weighted by molar-refractivity contribution is 7.13. The van der Waals surface area contributed by atoms with E-state index in [-0.39, 0.29) is 6.54 Å². The molecule has 1 fully saturated rings. The fourth-order valence-corrected chi connectivity index (χ4v) is 3.04. The Labute approximate surface area is 142 Å². The maximum absolute atomic E-state index is 12.6. The first-order chi connectivity index (χ1) is 11.5. The van der Waals surface area contributed by atoms with Gasteiger partial charge in [0.15, 0.2) is 5.13 Å². The van der Waals surface area contributed by atoms with E-state index in [4.69, 9.17) is 0 Å². The lowest BCUT2D eigenvalue weighted by atomic mass is 10.2. The molecule has 124 valence electrons. The molecule has 1 aliphatic heterocycles. The van der Waals surface area contributed by atoms with Crippen molar-refractivity contribution in [1.29, 1.82) is 0 Å². The van der Waals surface area contributed by atoms with E-state index in [2.05, 4.69) is 10.3 Å². The summed E-state index contributed by atoms with van der Waals surface area (Å²) in [6, 6.07) is 6.18. The molecule has 1 N–H and O–H groups in total. The summed E-state index contributed by atoms with van der Waals surface area (Å²) in [5.74, 6) is -0.848. The number of anilines is 2. The molecule has 1 aromatic heterocycles. The molecular formula is C16H16N4O3S. The molecule has 0 radical (unpaired) electrons. The zero-order chi connectivity index (χ0) is 17.3. The zero-order valence-electron chi connectivity index (χ0n) is 13.2. The summed E-state index contributed by atoms with van der Waals surface area (Å²) < 4.78 is 0. The first kappa shape index (κ1) is 16.1. The number of hydrogen-bond donors (Lipinski definition) is 1. The second-order valence-corrected chi connectivity index (χ2v) is 6.37. The molecule has 0 spiro atoms.